The van der Waals surface area contributed by atoms with Crippen molar-refractivity contribution in [2.75, 3.05) is 18.5 Å². The van der Waals surface area contributed by atoms with Crippen molar-refractivity contribution in [2.45, 2.75) is 13.2 Å². The van der Waals surface area contributed by atoms with Crippen LogP contribution in [0.25, 0.3) is 0 Å². The number of ether oxygens (including phenoxy) is 1. The number of rotatable bonds is 5. The third-order valence-corrected chi connectivity index (χ3v) is 4.28. The van der Waals surface area contributed by atoms with Gasteiger partial charge in [0.15, 0.2) is 0 Å². The summed E-state index contributed by atoms with van der Waals surface area (Å²) in [7, 11) is -3.62. The average molecular weight is 329 g/mol. The van der Waals surface area contributed by atoms with E-state index < -0.39 is 20.1 Å². The molecule has 1 unspecified atom stereocenters. The SMILES string of the molecule is C=CC(=O)OC(C)OP1(=O)OCC(CBr)CO1. The van der Waals surface area contributed by atoms with E-state index in [4.69, 9.17) is 18.3 Å². The van der Waals surface area contributed by atoms with Gasteiger partial charge in [-0.15, -0.1) is 0 Å². The molecule has 0 bridgehead atoms. The standard InChI is InChI=1S/C9H14BrO6P/c1-3-9(11)15-7(2)16-17(12)13-5-8(4-10)6-14-17/h3,7-8H,1,4-6H2,2H3. The Bertz CT molecular complexity index is 321. The summed E-state index contributed by atoms with van der Waals surface area (Å²) in [6.45, 7) is 5.19. The van der Waals surface area contributed by atoms with E-state index in [1.807, 2.05) is 0 Å². The maximum Gasteiger partial charge on any atom is 0.477 e. The first-order valence-electron chi connectivity index (χ1n) is 4.95. The van der Waals surface area contributed by atoms with E-state index in [1.54, 1.807) is 0 Å². The lowest BCUT2D eigenvalue weighted by Crippen LogP contribution is -2.25. The molecule has 1 aliphatic rings. The van der Waals surface area contributed by atoms with Gasteiger partial charge in [0.05, 0.1) is 13.2 Å². The van der Waals surface area contributed by atoms with Crippen LogP contribution in [0.5, 0.6) is 0 Å². The minimum absolute atomic E-state index is 0.131. The van der Waals surface area contributed by atoms with Crippen LogP contribution in [0.1, 0.15) is 6.92 Å². The second-order valence-corrected chi connectivity index (χ2v) is 5.64. The monoisotopic (exact) mass is 328 g/mol. The Morgan fingerprint density at radius 3 is 2.71 bits per heavy atom. The number of carbonyl (C=O) groups is 1. The molecule has 8 heteroatoms. The second-order valence-electron chi connectivity index (χ2n) is 3.37. The zero-order valence-electron chi connectivity index (χ0n) is 9.34. The van der Waals surface area contributed by atoms with Gasteiger partial charge in [-0.3, -0.25) is 9.05 Å². The van der Waals surface area contributed by atoms with E-state index in [2.05, 4.69) is 22.5 Å². The lowest BCUT2D eigenvalue weighted by molar-refractivity contribution is -0.158. The fourth-order valence-corrected chi connectivity index (χ4v) is 2.81. The minimum atomic E-state index is -3.62. The molecule has 1 saturated heterocycles. The van der Waals surface area contributed by atoms with Crippen LogP contribution in [0.4, 0.5) is 0 Å². The van der Waals surface area contributed by atoms with Gasteiger partial charge in [-0.1, -0.05) is 22.5 Å². The Kier molecular flexibility index (Phi) is 5.82. The number of halogens is 1. The summed E-state index contributed by atoms with van der Waals surface area (Å²) in [5.74, 6) is -0.536. The minimum Gasteiger partial charge on any atom is -0.432 e. The summed E-state index contributed by atoms with van der Waals surface area (Å²) in [6.07, 6.45) is -0.0361. The lowest BCUT2D eigenvalue weighted by atomic mass is 10.2. The Morgan fingerprint density at radius 1 is 1.65 bits per heavy atom. The van der Waals surface area contributed by atoms with Gasteiger partial charge in [0.2, 0.25) is 6.29 Å². The molecule has 0 aromatic heterocycles. The largest absolute Gasteiger partial charge is 0.477 e. The molecule has 17 heavy (non-hydrogen) atoms. The summed E-state index contributed by atoms with van der Waals surface area (Å²) in [6, 6.07) is 0. The first-order chi connectivity index (χ1) is 7.99. The van der Waals surface area contributed by atoms with Gasteiger partial charge in [0, 0.05) is 17.3 Å². The molecule has 0 amide bonds. The average Bonchev–Trinajstić information content (AvgIpc) is 2.29. The molecular weight excluding hydrogens is 315 g/mol. The van der Waals surface area contributed by atoms with E-state index in [0.717, 1.165) is 6.08 Å². The number of phosphoric acid groups is 1. The van der Waals surface area contributed by atoms with Gasteiger partial charge in [0.1, 0.15) is 0 Å². The predicted molar refractivity (Wildman–Crippen MR) is 63.6 cm³/mol. The van der Waals surface area contributed by atoms with Gasteiger partial charge in [-0.25, -0.2) is 13.9 Å². The summed E-state index contributed by atoms with van der Waals surface area (Å²) >= 11 is 3.27. The number of esters is 1. The van der Waals surface area contributed by atoms with Crippen LogP contribution in [0.3, 0.4) is 0 Å². The topological polar surface area (TPSA) is 71.1 Å². The molecule has 0 spiro atoms. The molecule has 1 rings (SSSR count). The maximum atomic E-state index is 11.9. The van der Waals surface area contributed by atoms with Crippen molar-refractivity contribution in [1.29, 1.82) is 0 Å². The van der Waals surface area contributed by atoms with Crippen molar-refractivity contribution in [3.63, 3.8) is 0 Å². The van der Waals surface area contributed by atoms with Gasteiger partial charge >= 0.3 is 13.8 Å². The summed E-state index contributed by atoms with van der Waals surface area (Å²) in [5, 5.41) is 0.688. The third kappa shape index (κ3) is 4.89. The predicted octanol–water partition coefficient (Wildman–Crippen LogP) is 2.24. The highest BCUT2D eigenvalue weighted by atomic mass is 79.9. The van der Waals surface area contributed by atoms with Crippen molar-refractivity contribution in [2.24, 2.45) is 5.92 Å². The van der Waals surface area contributed by atoms with Crippen LogP contribution in [-0.4, -0.2) is 30.8 Å². The van der Waals surface area contributed by atoms with Gasteiger partial charge in [-0.05, 0) is 6.92 Å². The van der Waals surface area contributed by atoms with Crippen molar-refractivity contribution in [3.8, 4) is 0 Å². The summed E-state index contributed by atoms with van der Waals surface area (Å²) in [5.41, 5.74) is 0. The van der Waals surface area contributed by atoms with Crippen molar-refractivity contribution >= 4 is 29.7 Å². The fraction of sp³-hybridized carbons (Fsp3) is 0.667. The second kappa shape index (κ2) is 6.66. The van der Waals surface area contributed by atoms with E-state index >= 15 is 0 Å². The Hall–Kier alpha value is -0.200. The van der Waals surface area contributed by atoms with Crippen LogP contribution >= 0.6 is 23.8 Å². The zero-order valence-corrected chi connectivity index (χ0v) is 11.8. The molecule has 1 atom stereocenters. The van der Waals surface area contributed by atoms with Crippen molar-refractivity contribution in [1.82, 2.24) is 0 Å². The van der Waals surface area contributed by atoms with E-state index in [0.29, 0.717) is 5.33 Å². The molecule has 0 radical (unpaired) electrons. The van der Waals surface area contributed by atoms with Gasteiger partial charge in [0.25, 0.3) is 0 Å². The number of hydrogen-bond acceptors (Lipinski definition) is 6. The molecule has 1 fully saturated rings. The first-order valence-corrected chi connectivity index (χ1v) is 7.54. The number of phosphoric ester groups is 1. The first kappa shape index (κ1) is 14.9. The maximum absolute atomic E-state index is 11.9. The normalized spacial score (nSPS) is 30.6. The number of alkyl halides is 1. The smallest absolute Gasteiger partial charge is 0.432 e. The Balaban J connectivity index is 2.43. The molecule has 0 aliphatic carbocycles. The van der Waals surface area contributed by atoms with Gasteiger partial charge in [-0.2, -0.15) is 0 Å². The highest BCUT2D eigenvalue weighted by Gasteiger charge is 2.36. The van der Waals surface area contributed by atoms with Crippen LogP contribution in [0.2, 0.25) is 0 Å². The van der Waals surface area contributed by atoms with E-state index in [9.17, 15) is 9.36 Å². The zero-order chi connectivity index (χ0) is 12.9. The molecule has 0 aromatic carbocycles. The molecule has 98 valence electrons. The quantitative estimate of drug-likeness (QED) is 0.253. The number of carbonyl (C=O) groups excluding carboxylic acids is 1. The van der Waals surface area contributed by atoms with Crippen molar-refractivity contribution in [3.05, 3.63) is 12.7 Å². The molecule has 0 N–H and O–H groups in total. The molecule has 1 aliphatic heterocycles. The third-order valence-electron chi connectivity index (χ3n) is 1.88. The molecule has 1 heterocycles. The van der Waals surface area contributed by atoms with E-state index in [1.165, 1.54) is 6.92 Å². The molecular formula is C9H14BrO6P. The highest BCUT2D eigenvalue weighted by Crippen LogP contribution is 2.53. The molecule has 0 saturated carbocycles. The Morgan fingerprint density at radius 2 is 2.24 bits per heavy atom. The fourth-order valence-electron chi connectivity index (χ4n) is 1.04. The van der Waals surface area contributed by atoms with Crippen molar-refractivity contribution < 1.29 is 27.7 Å². The van der Waals surface area contributed by atoms with Gasteiger partial charge < -0.3 is 4.74 Å². The Labute approximate surface area is 108 Å². The molecule has 6 nitrogen and oxygen atoms in total. The van der Waals surface area contributed by atoms with Crippen LogP contribution in [0, 0.1) is 5.92 Å². The van der Waals surface area contributed by atoms with Crippen LogP contribution < -0.4 is 0 Å². The highest BCUT2D eigenvalue weighted by molar-refractivity contribution is 9.09. The van der Waals surface area contributed by atoms with E-state index in [-0.39, 0.29) is 19.1 Å². The van der Waals surface area contributed by atoms with Crippen LogP contribution in [-0.2, 0) is 27.7 Å². The lowest BCUT2D eigenvalue weighted by Gasteiger charge is -2.28. The van der Waals surface area contributed by atoms with Crippen LogP contribution in [0.15, 0.2) is 12.7 Å². The summed E-state index contributed by atoms with van der Waals surface area (Å²) < 4.78 is 31.6. The summed E-state index contributed by atoms with van der Waals surface area (Å²) in [4.78, 5) is 10.9. The number of hydrogen-bond donors (Lipinski definition) is 0. The molecule has 0 aromatic rings.